The Morgan fingerprint density at radius 1 is 1.48 bits per heavy atom. The zero-order valence-corrected chi connectivity index (χ0v) is 13.3. The van der Waals surface area contributed by atoms with Gasteiger partial charge in [-0.3, -0.25) is 10.1 Å². The summed E-state index contributed by atoms with van der Waals surface area (Å²) < 4.78 is 0.790. The van der Waals surface area contributed by atoms with Crippen molar-refractivity contribution in [1.82, 2.24) is 9.97 Å². The van der Waals surface area contributed by atoms with Crippen molar-refractivity contribution in [3.8, 4) is 0 Å². The van der Waals surface area contributed by atoms with Gasteiger partial charge in [0, 0.05) is 11.0 Å². The van der Waals surface area contributed by atoms with Crippen molar-refractivity contribution in [1.29, 1.82) is 0 Å². The number of hydrogen-bond acceptors (Lipinski definition) is 6. The Bertz CT molecular complexity index is 683. The van der Waals surface area contributed by atoms with Gasteiger partial charge in [-0.2, -0.15) is 4.98 Å². The monoisotopic (exact) mass is 371 g/mol. The summed E-state index contributed by atoms with van der Waals surface area (Å²) >= 11 is 9.39. The molecule has 0 spiro atoms. The third kappa shape index (κ3) is 3.79. The molecule has 0 saturated heterocycles. The van der Waals surface area contributed by atoms with Crippen LogP contribution in [0, 0.1) is 10.1 Å². The molecule has 0 atom stereocenters. The van der Waals surface area contributed by atoms with Gasteiger partial charge in [0.1, 0.15) is 6.20 Å². The highest BCUT2D eigenvalue weighted by molar-refractivity contribution is 9.10. The molecule has 2 rings (SSSR count). The van der Waals surface area contributed by atoms with Crippen LogP contribution in [0.25, 0.3) is 0 Å². The first-order chi connectivity index (χ1) is 10.0. The Labute approximate surface area is 134 Å². The van der Waals surface area contributed by atoms with E-state index >= 15 is 0 Å². The van der Waals surface area contributed by atoms with Crippen LogP contribution < -0.4 is 10.6 Å². The maximum atomic E-state index is 11.1. The van der Waals surface area contributed by atoms with Gasteiger partial charge < -0.3 is 10.6 Å². The third-order valence-corrected chi connectivity index (χ3v) is 3.31. The standard InChI is InChI=1S/C12H11BrClN5O2/c1-2-15-12-16-6-10(19(20)21)11(18-12)17-9-5-7(13)3-4-8(9)14/h3-6H,2H2,1H3,(H2,15,16,17,18). The molecule has 0 aliphatic rings. The average Bonchev–Trinajstić information content (AvgIpc) is 2.43. The quantitative estimate of drug-likeness (QED) is 0.609. The molecule has 1 aromatic carbocycles. The van der Waals surface area contributed by atoms with Gasteiger partial charge in [-0.25, -0.2) is 4.98 Å². The van der Waals surface area contributed by atoms with Crippen LogP contribution in [0.4, 0.5) is 23.1 Å². The second-order valence-electron chi connectivity index (χ2n) is 3.96. The van der Waals surface area contributed by atoms with Gasteiger partial charge in [0.05, 0.1) is 15.6 Å². The van der Waals surface area contributed by atoms with Crippen LogP contribution in [0.5, 0.6) is 0 Å². The first-order valence-electron chi connectivity index (χ1n) is 5.98. The molecular weight excluding hydrogens is 362 g/mol. The minimum atomic E-state index is -0.552. The largest absolute Gasteiger partial charge is 0.354 e. The van der Waals surface area contributed by atoms with E-state index in [-0.39, 0.29) is 11.5 Å². The first-order valence-corrected chi connectivity index (χ1v) is 7.15. The highest BCUT2D eigenvalue weighted by Gasteiger charge is 2.18. The first kappa shape index (κ1) is 15.5. The molecule has 2 aromatic rings. The Morgan fingerprint density at radius 2 is 2.24 bits per heavy atom. The van der Waals surface area contributed by atoms with Gasteiger partial charge in [0.2, 0.25) is 11.8 Å². The Balaban J connectivity index is 2.43. The molecule has 0 unspecified atom stereocenters. The van der Waals surface area contributed by atoms with E-state index in [1.54, 1.807) is 18.2 Å². The predicted octanol–water partition coefficient (Wildman–Crippen LogP) is 3.98. The molecule has 0 aliphatic heterocycles. The number of nitrogens with zero attached hydrogens (tertiary/aromatic N) is 3. The number of halogens is 2. The predicted molar refractivity (Wildman–Crippen MR) is 85.3 cm³/mol. The highest BCUT2D eigenvalue weighted by Crippen LogP contribution is 2.31. The van der Waals surface area contributed by atoms with Crippen molar-refractivity contribution in [3.05, 3.63) is 44.0 Å². The summed E-state index contributed by atoms with van der Waals surface area (Å²) in [6.07, 6.45) is 1.15. The van der Waals surface area contributed by atoms with E-state index in [4.69, 9.17) is 11.6 Å². The van der Waals surface area contributed by atoms with E-state index in [1.165, 1.54) is 0 Å². The van der Waals surface area contributed by atoms with E-state index in [0.717, 1.165) is 10.7 Å². The topological polar surface area (TPSA) is 93.0 Å². The lowest BCUT2D eigenvalue weighted by molar-refractivity contribution is -0.384. The summed E-state index contributed by atoms with van der Waals surface area (Å²) in [6, 6.07) is 5.15. The fourth-order valence-corrected chi connectivity index (χ4v) is 2.09. The SMILES string of the molecule is CCNc1ncc([N+](=O)[O-])c(Nc2cc(Br)ccc2Cl)n1. The minimum Gasteiger partial charge on any atom is -0.354 e. The number of aromatic nitrogens is 2. The van der Waals surface area contributed by atoms with Gasteiger partial charge in [-0.15, -0.1) is 0 Å². The van der Waals surface area contributed by atoms with E-state index in [2.05, 4.69) is 36.5 Å². The van der Waals surface area contributed by atoms with Gasteiger partial charge in [-0.1, -0.05) is 27.5 Å². The summed E-state index contributed by atoms with van der Waals surface area (Å²) in [4.78, 5) is 18.5. The smallest absolute Gasteiger partial charge is 0.329 e. The molecule has 0 saturated carbocycles. The number of benzene rings is 1. The molecule has 1 heterocycles. The molecule has 0 radical (unpaired) electrons. The summed E-state index contributed by atoms with van der Waals surface area (Å²) in [6.45, 7) is 2.48. The van der Waals surface area contributed by atoms with Crippen LogP contribution in [0.2, 0.25) is 5.02 Å². The molecule has 0 amide bonds. The second kappa shape index (κ2) is 6.68. The molecule has 1 aromatic heterocycles. The maximum Gasteiger partial charge on any atom is 0.329 e. The summed E-state index contributed by atoms with van der Waals surface area (Å²) in [5, 5.41) is 17.2. The van der Waals surface area contributed by atoms with Crippen molar-refractivity contribution in [3.63, 3.8) is 0 Å². The maximum absolute atomic E-state index is 11.1. The van der Waals surface area contributed by atoms with Crippen LogP contribution >= 0.6 is 27.5 Å². The zero-order valence-electron chi connectivity index (χ0n) is 10.9. The van der Waals surface area contributed by atoms with E-state index < -0.39 is 4.92 Å². The van der Waals surface area contributed by atoms with Gasteiger partial charge in [0.25, 0.3) is 0 Å². The number of rotatable bonds is 5. The number of hydrogen-bond donors (Lipinski definition) is 2. The van der Waals surface area contributed by atoms with Gasteiger partial charge >= 0.3 is 5.69 Å². The second-order valence-corrected chi connectivity index (χ2v) is 5.29. The molecule has 0 aliphatic carbocycles. The lowest BCUT2D eigenvalue weighted by Gasteiger charge is -2.10. The number of nitrogens with one attached hydrogen (secondary N) is 2. The Morgan fingerprint density at radius 3 is 2.90 bits per heavy atom. The molecule has 2 N–H and O–H groups in total. The van der Waals surface area contributed by atoms with Crippen LogP contribution in [-0.2, 0) is 0 Å². The van der Waals surface area contributed by atoms with E-state index in [0.29, 0.717) is 23.2 Å². The van der Waals surface area contributed by atoms with E-state index in [9.17, 15) is 10.1 Å². The fourth-order valence-electron chi connectivity index (χ4n) is 1.57. The number of nitro groups is 1. The number of anilines is 3. The average molecular weight is 373 g/mol. The van der Waals surface area contributed by atoms with Gasteiger partial charge in [-0.05, 0) is 25.1 Å². The highest BCUT2D eigenvalue weighted by atomic mass is 79.9. The van der Waals surface area contributed by atoms with Crippen LogP contribution in [0.1, 0.15) is 6.92 Å². The lowest BCUT2D eigenvalue weighted by Crippen LogP contribution is -2.06. The van der Waals surface area contributed by atoms with Crippen molar-refractivity contribution in [2.45, 2.75) is 6.92 Å². The molecule has 21 heavy (non-hydrogen) atoms. The Kier molecular flexibility index (Phi) is 4.92. The van der Waals surface area contributed by atoms with Crippen molar-refractivity contribution >= 4 is 50.7 Å². The zero-order chi connectivity index (χ0) is 15.4. The van der Waals surface area contributed by atoms with Crippen LogP contribution in [-0.4, -0.2) is 21.4 Å². The Hall–Kier alpha value is -1.93. The van der Waals surface area contributed by atoms with Crippen molar-refractivity contribution < 1.29 is 4.92 Å². The van der Waals surface area contributed by atoms with Crippen molar-refractivity contribution in [2.75, 3.05) is 17.2 Å². The van der Waals surface area contributed by atoms with E-state index in [1.807, 2.05) is 6.92 Å². The van der Waals surface area contributed by atoms with Crippen LogP contribution in [0.3, 0.4) is 0 Å². The minimum absolute atomic E-state index is 0.0750. The summed E-state index contributed by atoms with van der Waals surface area (Å²) in [5.74, 6) is 0.377. The molecule has 110 valence electrons. The molecule has 7 nitrogen and oxygen atoms in total. The van der Waals surface area contributed by atoms with Gasteiger partial charge in [0.15, 0.2) is 0 Å². The molecule has 9 heteroatoms. The molecular formula is C12H11BrClN5O2. The third-order valence-electron chi connectivity index (χ3n) is 2.48. The lowest BCUT2D eigenvalue weighted by atomic mass is 10.3. The molecule has 0 bridgehead atoms. The van der Waals surface area contributed by atoms with Crippen molar-refractivity contribution in [2.24, 2.45) is 0 Å². The summed E-state index contributed by atoms with van der Waals surface area (Å²) in [5.41, 5.74) is 0.281. The molecule has 0 fully saturated rings. The van der Waals surface area contributed by atoms with Crippen LogP contribution in [0.15, 0.2) is 28.9 Å². The fraction of sp³-hybridized carbons (Fsp3) is 0.167. The summed E-state index contributed by atoms with van der Waals surface area (Å²) in [7, 11) is 0. The normalized spacial score (nSPS) is 10.2.